The number of hydrogen-bond acceptors (Lipinski definition) is 2. The standard InChI is InChI=1S/C10H18O2/c1-4-12-9(11)10(3)6-5-8(2)7-10/h8H,4-7H2,1-3H3. The van der Waals surface area contributed by atoms with E-state index < -0.39 is 0 Å². The van der Waals surface area contributed by atoms with Crippen molar-refractivity contribution in [1.29, 1.82) is 0 Å². The van der Waals surface area contributed by atoms with E-state index in [-0.39, 0.29) is 11.4 Å². The van der Waals surface area contributed by atoms with Crippen molar-refractivity contribution in [1.82, 2.24) is 0 Å². The van der Waals surface area contributed by atoms with E-state index in [1.54, 1.807) is 0 Å². The summed E-state index contributed by atoms with van der Waals surface area (Å²) in [5.41, 5.74) is -0.185. The summed E-state index contributed by atoms with van der Waals surface area (Å²) in [5, 5.41) is 0. The average Bonchev–Trinajstić information content (AvgIpc) is 2.33. The predicted molar refractivity (Wildman–Crippen MR) is 47.8 cm³/mol. The minimum atomic E-state index is -0.185. The molecule has 2 heteroatoms. The van der Waals surface area contributed by atoms with Gasteiger partial charge in [0.2, 0.25) is 0 Å². The third-order valence-corrected chi connectivity index (χ3v) is 2.76. The van der Waals surface area contributed by atoms with E-state index in [0.29, 0.717) is 12.5 Å². The van der Waals surface area contributed by atoms with Crippen molar-refractivity contribution in [3.05, 3.63) is 0 Å². The molecule has 70 valence electrons. The normalized spacial score (nSPS) is 35.1. The molecule has 12 heavy (non-hydrogen) atoms. The van der Waals surface area contributed by atoms with E-state index in [9.17, 15) is 4.79 Å². The van der Waals surface area contributed by atoms with Gasteiger partial charge in [0.05, 0.1) is 12.0 Å². The van der Waals surface area contributed by atoms with Crippen molar-refractivity contribution in [2.24, 2.45) is 11.3 Å². The van der Waals surface area contributed by atoms with Gasteiger partial charge < -0.3 is 4.74 Å². The Morgan fingerprint density at radius 3 is 2.75 bits per heavy atom. The van der Waals surface area contributed by atoms with Crippen LogP contribution in [-0.4, -0.2) is 12.6 Å². The Labute approximate surface area is 74.3 Å². The highest BCUT2D eigenvalue weighted by Crippen LogP contribution is 2.41. The molecule has 0 aliphatic heterocycles. The summed E-state index contributed by atoms with van der Waals surface area (Å²) in [6.07, 6.45) is 3.15. The molecular weight excluding hydrogens is 152 g/mol. The molecule has 1 rings (SSSR count). The Morgan fingerprint density at radius 1 is 1.67 bits per heavy atom. The average molecular weight is 170 g/mol. The minimum absolute atomic E-state index is 0.00523. The Bertz CT molecular complexity index is 177. The smallest absolute Gasteiger partial charge is 0.311 e. The fourth-order valence-corrected chi connectivity index (χ4v) is 2.03. The molecule has 1 saturated carbocycles. The summed E-state index contributed by atoms with van der Waals surface area (Å²) >= 11 is 0. The van der Waals surface area contributed by atoms with Crippen LogP contribution in [0.1, 0.15) is 40.0 Å². The molecule has 1 fully saturated rings. The van der Waals surface area contributed by atoms with Gasteiger partial charge >= 0.3 is 5.97 Å². The molecule has 0 N–H and O–H groups in total. The maximum absolute atomic E-state index is 11.5. The van der Waals surface area contributed by atoms with E-state index in [0.717, 1.165) is 19.3 Å². The number of rotatable bonds is 2. The lowest BCUT2D eigenvalue weighted by Crippen LogP contribution is -2.27. The molecule has 1 aliphatic rings. The summed E-state index contributed by atoms with van der Waals surface area (Å²) in [7, 11) is 0. The highest BCUT2D eigenvalue weighted by molar-refractivity contribution is 5.76. The molecule has 1 aliphatic carbocycles. The van der Waals surface area contributed by atoms with Crippen LogP contribution < -0.4 is 0 Å². The van der Waals surface area contributed by atoms with Crippen LogP contribution in [-0.2, 0) is 9.53 Å². The summed E-state index contributed by atoms with van der Waals surface area (Å²) in [5.74, 6) is 0.675. The zero-order chi connectivity index (χ0) is 9.19. The van der Waals surface area contributed by atoms with Gasteiger partial charge in [0, 0.05) is 0 Å². The lowest BCUT2D eigenvalue weighted by molar-refractivity contribution is -0.154. The van der Waals surface area contributed by atoms with Crippen LogP contribution in [0, 0.1) is 11.3 Å². The molecule has 0 aromatic heterocycles. The molecule has 0 radical (unpaired) electrons. The largest absolute Gasteiger partial charge is 0.466 e. The fraction of sp³-hybridized carbons (Fsp3) is 0.900. The maximum Gasteiger partial charge on any atom is 0.311 e. The summed E-state index contributed by atoms with van der Waals surface area (Å²) in [6, 6.07) is 0. The lowest BCUT2D eigenvalue weighted by Gasteiger charge is -2.20. The van der Waals surface area contributed by atoms with Gasteiger partial charge in [-0.15, -0.1) is 0 Å². The molecule has 0 amide bonds. The highest BCUT2D eigenvalue weighted by Gasteiger charge is 2.40. The second-order valence-electron chi connectivity index (χ2n) is 4.13. The molecule has 2 unspecified atom stereocenters. The van der Waals surface area contributed by atoms with Crippen molar-refractivity contribution < 1.29 is 9.53 Å². The Morgan fingerprint density at radius 2 is 2.33 bits per heavy atom. The fourth-order valence-electron chi connectivity index (χ4n) is 2.03. The van der Waals surface area contributed by atoms with Crippen LogP contribution in [0.15, 0.2) is 0 Å². The van der Waals surface area contributed by atoms with E-state index in [1.165, 1.54) is 0 Å². The SMILES string of the molecule is CCOC(=O)C1(C)CCC(C)C1. The van der Waals surface area contributed by atoms with Gasteiger partial charge in [0.1, 0.15) is 0 Å². The van der Waals surface area contributed by atoms with Gasteiger partial charge in [-0.3, -0.25) is 4.79 Å². The molecular formula is C10H18O2. The van der Waals surface area contributed by atoms with Crippen molar-refractivity contribution in [3.8, 4) is 0 Å². The topological polar surface area (TPSA) is 26.3 Å². The van der Waals surface area contributed by atoms with E-state index in [2.05, 4.69) is 6.92 Å². The first kappa shape index (κ1) is 9.56. The van der Waals surface area contributed by atoms with Crippen LogP contribution in [0.2, 0.25) is 0 Å². The van der Waals surface area contributed by atoms with Gasteiger partial charge in [-0.1, -0.05) is 6.92 Å². The van der Waals surface area contributed by atoms with E-state index >= 15 is 0 Å². The van der Waals surface area contributed by atoms with Crippen molar-refractivity contribution >= 4 is 5.97 Å². The third-order valence-electron chi connectivity index (χ3n) is 2.76. The molecule has 0 saturated heterocycles. The second kappa shape index (κ2) is 3.46. The van der Waals surface area contributed by atoms with Crippen LogP contribution in [0.25, 0.3) is 0 Å². The van der Waals surface area contributed by atoms with Crippen LogP contribution in [0.4, 0.5) is 0 Å². The molecule has 0 aromatic carbocycles. The van der Waals surface area contributed by atoms with Gasteiger partial charge in [-0.05, 0) is 39.0 Å². The number of esters is 1. The molecule has 0 heterocycles. The van der Waals surface area contributed by atoms with Crippen LogP contribution in [0.5, 0.6) is 0 Å². The summed E-state index contributed by atoms with van der Waals surface area (Å²) < 4.78 is 5.04. The van der Waals surface area contributed by atoms with Gasteiger partial charge in [0.25, 0.3) is 0 Å². The lowest BCUT2D eigenvalue weighted by atomic mass is 9.88. The van der Waals surface area contributed by atoms with Gasteiger partial charge in [0.15, 0.2) is 0 Å². The minimum Gasteiger partial charge on any atom is -0.466 e. The highest BCUT2D eigenvalue weighted by atomic mass is 16.5. The van der Waals surface area contributed by atoms with Crippen molar-refractivity contribution in [3.63, 3.8) is 0 Å². The van der Waals surface area contributed by atoms with Gasteiger partial charge in [-0.2, -0.15) is 0 Å². The molecule has 0 aromatic rings. The van der Waals surface area contributed by atoms with Crippen molar-refractivity contribution in [2.75, 3.05) is 6.61 Å². The maximum atomic E-state index is 11.5. The Balaban J connectivity index is 2.54. The quantitative estimate of drug-likeness (QED) is 0.595. The van der Waals surface area contributed by atoms with Crippen molar-refractivity contribution in [2.45, 2.75) is 40.0 Å². The Hall–Kier alpha value is -0.530. The molecule has 0 bridgehead atoms. The summed E-state index contributed by atoms with van der Waals surface area (Å²) in [6.45, 7) is 6.58. The Kier molecular flexibility index (Phi) is 2.76. The number of ether oxygens (including phenoxy) is 1. The first-order valence-corrected chi connectivity index (χ1v) is 4.75. The number of carbonyl (C=O) groups excluding carboxylic acids is 1. The summed E-state index contributed by atoms with van der Waals surface area (Å²) in [4.78, 5) is 11.5. The van der Waals surface area contributed by atoms with Crippen LogP contribution in [0.3, 0.4) is 0 Å². The van der Waals surface area contributed by atoms with Crippen LogP contribution >= 0.6 is 0 Å². The zero-order valence-electron chi connectivity index (χ0n) is 8.22. The first-order valence-electron chi connectivity index (χ1n) is 4.75. The number of hydrogen-bond donors (Lipinski definition) is 0. The predicted octanol–water partition coefficient (Wildman–Crippen LogP) is 2.38. The van der Waals surface area contributed by atoms with E-state index in [1.807, 2.05) is 13.8 Å². The first-order chi connectivity index (χ1) is 5.58. The zero-order valence-corrected chi connectivity index (χ0v) is 8.22. The second-order valence-corrected chi connectivity index (χ2v) is 4.13. The number of carbonyl (C=O) groups is 1. The monoisotopic (exact) mass is 170 g/mol. The van der Waals surface area contributed by atoms with Gasteiger partial charge in [-0.25, -0.2) is 0 Å². The molecule has 0 spiro atoms. The molecule has 2 atom stereocenters. The molecule has 2 nitrogen and oxygen atoms in total. The van der Waals surface area contributed by atoms with E-state index in [4.69, 9.17) is 4.74 Å². The third kappa shape index (κ3) is 1.79.